The zero-order valence-corrected chi connectivity index (χ0v) is 14.7. The van der Waals surface area contributed by atoms with Gasteiger partial charge in [-0.3, -0.25) is 0 Å². The maximum Gasteiger partial charge on any atom is 0.0680 e. The summed E-state index contributed by atoms with van der Waals surface area (Å²) in [7, 11) is 0. The van der Waals surface area contributed by atoms with E-state index in [1.54, 1.807) is 0 Å². The third kappa shape index (κ3) is 3.32. The molecule has 0 aliphatic carbocycles. The molecule has 2 nitrogen and oxygen atoms in total. The summed E-state index contributed by atoms with van der Waals surface area (Å²) in [6.45, 7) is 15.4. The van der Waals surface area contributed by atoms with Crippen molar-refractivity contribution in [3.8, 4) is 0 Å². The van der Waals surface area contributed by atoms with Gasteiger partial charge in [0.15, 0.2) is 0 Å². The fraction of sp³-hybridized carbons (Fsp3) is 0.684. The molecule has 0 radical (unpaired) electrons. The predicted octanol–water partition coefficient (Wildman–Crippen LogP) is 4.58. The van der Waals surface area contributed by atoms with E-state index in [-0.39, 0.29) is 22.7 Å². The van der Waals surface area contributed by atoms with Crippen LogP contribution in [0.2, 0.25) is 0 Å². The minimum atomic E-state index is -0.187. The number of hydrogen-bond acceptors (Lipinski definition) is 2. The molecule has 1 aliphatic heterocycles. The van der Waals surface area contributed by atoms with E-state index in [9.17, 15) is 0 Å². The van der Waals surface area contributed by atoms with Crippen molar-refractivity contribution in [2.45, 2.75) is 77.5 Å². The molecule has 0 bridgehead atoms. The van der Waals surface area contributed by atoms with Crippen LogP contribution in [0.25, 0.3) is 0 Å². The van der Waals surface area contributed by atoms with Crippen molar-refractivity contribution in [3.05, 3.63) is 35.4 Å². The highest BCUT2D eigenvalue weighted by atomic mass is 16.5. The first-order chi connectivity index (χ1) is 9.44. The summed E-state index contributed by atoms with van der Waals surface area (Å²) in [5, 5.41) is 0. The Morgan fingerprint density at radius 1 is 1.14 bits per heavy atom. The Balaban J connectivity index is 2.40. The molecular weight excluding hydrogens is 258 g/mol. The summed E-state index contributed by atoms with van der Waals surface area (Å²) >= 11 is 0. The molecule has 1 aromatic rings. The molecule has 2 heteroatoms. The molecule has 1 heterocycles. The summed E-state index contributed by atoms with van der Waals surface area (Å²) < 4.78 is 6.24. The Kier molecular flexibility index (Phi) is 4.01. The smallest absolute Gasteiger partial charge is 0.0680 e. The fourth-order valence-electron chi connectivity index (χ4n) is 3.85. The fourth-order valence-corrected chi connectivity index (χ4v) is 3.85. The molecule has 2 atom stereocenters. The van der Waals surface area contributed by atoms with Crippen molar-refractivity contribution in [2.75, 3.05) is 0 Å². The number of hydrogen-bond donors (Lipinski definition) is 1. The van der Waals surface area contributed by atoms with E-state index in [1.165, 1.54) is 11.1 Å². The van der Waals surface area contributed by atoms with Crippen LogP contribution in [0.1, 0.15) is 72.1 Å². The Morgan fingerprint density at radius 2 is 1.71 bits per heavy atom. The van der Waals surface area contributed by atoms with Crippen LogP contribution in [0.3, 0.4) is 0 Å². The standard InChI is InChI=1S/C19H31NO/c1-17(2,3)14-11-9-8-10-13(14)16(20)15-12-18(4,5)21-19(15,6)7/h8-11,15-16H,12,20H2,1-7H3. The first-order valence-corrected chi connectivity index (χ1v) is 7.99. The molecule has 1 aliphatic rings. The highest BCUT2D eigenvalue weighted by Crippen LogP contribution is 2.47. The first kappa shape index (κ1) is 16.5. The van der Waals surface area contributed by atoms with E-state index in [1.807, 2.05) is 0 Å². The highest BCUT2D eigenvalue weighted by molar-refractivity contribution is 5.36. The lowest BCUT2D eigenvalue weighted by Gasteiger charge is -2.34. The molecule has 0 saturated carbocycles. The molecule has 21 heavy (non-hydrogen) atoms. The van der Waals surface area contributed by atoms with Gasteiger partial charge in [0.25, 0.3) is 0 Å². The minimum absolute atomic E-state index is 0.0113. The summed E-state index contributed by atoms with van der Waals surface area (Å²) in [4.78, 5) is 0. The van der Waals surface area contributed by atoms with E-state index in [0.717, 1.165) is 6.42 Å². The number of benzene rings is 1. The summed E-state index contributed by atoms with van der Waals surface area (Å²) in [5.74, 6) is 0.330. The van der Waals surface area contributed by atoms with Crippen LogP contribution in [0, 0.1) is 5.92 Å². The normalized spacial score (nSPS) is 25.8. The van der Waals surface area contributed by atoms with E-state index >= 15 is 0 Å². The third-order valence-electron chi connectivity index (χ3n) is 4.71. The van der Waals surface area contributed by atoms with E-state index in [0.29, 0.717) is 5.92 Å². The van der Waals surface area contributed by atoms with Crippen LogP contribution in [0.4, 0.5) is 0 Å². The maximum absolute atomic E-state index is 6.71. The molecular formula is C19H31NO. The average Bonchev–Trinajstić information content (AvgIpc) is 2.55. The molecule has 0 spiro atoms. The van der Waals surface area contributed by atoms with Crippen LogP contribution in [-0.4, -0.2) is 11.2 Å². The molecule has 118 valence electrons. The summed E-state index contributed by atoms with van der Waals surface area (Å²) in [6.07, 6.45) is 1.000. The zero-order chi connectivity index (χ0) is 16.1. The van der Waals surface area contributed by atoms with Crippen LogP contribution < -0.4 is 5.73 Å². The van der Waals surface area contributed by atoms with Gasteiger partial charge in [-0.25, -0.2) is 0 Å². The number of rotatable bonds is 2. The molecule has 1 aromatic carbocycles. The Morgan fingerprint density at radius 3 is 2.19 bits per heavy atom. The van der Waals surface area contributed by atoms with Crippen molar-refractivity contribution in [1.29, 1.82) is 0 Å². The van der Waals surface area contributed by atoms with Crippen molar-refractivity contribution in [3.63, 3.8) is 0 Å². The molecule has 1 saturated heterocycles. The number of nitrogens with two attached hydrogens (primary N) is 1. The van der Waals surface area contributed by atoms with Gasteiger partial charge >= 0.3 is 0 Å². The zero-order valence-electron chi connectivity index (χ0n) is 14.7. The monoisotopic (exact) mass is 289 g/mol. The van der Waals surface area contributed by atoms with Gasteiger partial charge in [-0.15, -0.1) is 0 Å². The summed E-state index contributed by atoms with van der Waals surface area (Å²) in [5.41, 5.74) is 9.15. The molecule has 1 fully saturated rings. The molecule has 0 amide bonds. The average molecular weight is 289 g/mol. The molecule has 0 aromatic heterocycles. The molecule has 2 N–H and O–H groups in total. The van der Waals surface area contributed by atoms with E-state index < -0.39 is 0 Å². The lowest BCUT2D eigenvalue weighted by atomic mass is 9.74. The van der Waals surface area contributed by atoms with Gasteiger partial charge in [0, 0.05) is 12.0 Å². The van der Waals surface area contributed by atoms with Crippen molar-refractivity contribution < 1.29 is 4.74 Å². The molecule has 2 unspecified atom stereocenters. The topological polar surface area (TPSA) is 35.2 Å². The quantitative estimate of drug-likeness (QED) is 0.865. The van der Waals surface area contributed by atoms with Crippen molar-refractivity contribution in [2.24, 2.45) is 11.7 Å². The van der Waals surface area contributed by atoms with Gasteiger partial charge < -0.3 is 10.5 Å². The number of ether oxygens (including phenoxy) is 1. The Bertz CT molecular complexity index is 511. The van der Waals surface area contributed by atoms with Crippen molar-refractivity contribution in [1.82, 2.24) is 0 Å². The second-order valence-electron chi connectivity index (χ2n) is 8.64. The van der Waals surface area contributed by atoms with Gasteiger partial charge in [-0.1, -0.05) is 45.0 Å². The van der Waals surface area contributed by atoms with Gasteiger partial charge in [-0.05, 0) is 50.7 Å². The van der Waals surface area contributed by atoms with Crippen LogP contribution in [0.5, 0.6) is 0 Å². The minimum Gasteiger partial charge on any atom is -0.369 e. The van der Waals surface area contributed by atoms with Gasteiger partial charge in [0.1, 0.15) is 0 Å². The van der Waals surface area contributed by atoms with Crippen LogP contribution in [0.15, 0.2) is 24.3 Å². The largest absolute Gasteiger partial charge is 0.369 e. The van der Waals surface area contributed by atoms with Crippen molar-refractivity contribution >= 4 is 0 Å². The van der Waals surface area contributed by atoms with Gasteiger partial charge in [0.2, 0.25) is 0 Å². The lowest BCUT2D eigenvalue weighted by Crippen LogP contribution is -2.36. The summed E-state index contributed by atoms with van der Waals surface area (Å²) in [6, 6.07) is 8.61. The lowest BCUT2D eigenvalue weighted by molar-refractivity contribution is -0.0767. The van der Waals surface area contributed by atoms with Crippen LogP contribution in [-0.2, 0) is 10.2 Å². The maximum atomic E-state index is 6.71. The highest BCUT2D eigenvalue weighted by Gasteiger charge is 2.48. The van der Waals surface area contributed by atoms with Gasteiger partial charge in [-0.2, -0.15) is 0 Å². The predicted molar refractivity (Wildman–Crippen MR) is 89.4 cm³/mol. The Hall–Kier alpha value is -0.860. The second-order valence-corrected chi connectivity index (χ2v) is 8.64. The van der Waals surface area contributed by atoms with Crippen LogP contribution >= 0.6 is 0 Å². The second kappa shape index (κ2) is 5.10. The molecule has 2 rings (SSSR count). The SMILES string of the molecule is CC1(C)CC(C(N)c2ccccc2C(C)(C)C)C(C)(C)O1. The van der Waals surface area contributed by atoms with Gasteiger partial charge in [0.05, 0.1) is 11.2 Å². The third-order valence-corrected chi connectivity index (χ3v) is 4.71. The first-order valence-electron chi connectivity index (χ1n) is 7.99. The van der Waals surface area contributed by atoms with E-state index in [4.69, 9.17) is 10.5 Å². The Labute approximate surface area is 130 Å². The van der Waals surface area contributed by atoms with E-state index in [2.05, 4.69) is 72.7 Å².